The Labute approximate surface area is 83.3 Å². The summed E-state index contributed by atoms with van der Waals surface area (Å²) in [5, 5.41) is 9.57. The van der Waals surface area contributed by atoms with Crippen molar-refractivity contribution < 1.29 is 9.50 Å². The van der Waals surface area contributed by atoms with Gasteiger partial charge in [-0.25, -0.2) is 4.39 Å². The lowest BCUT2D eigenvalue weighted by atomic mass is 10.1. The highest BCUT2D eigenvalue weighted by atomic mass is 19.1. The largest absolute Gasteiger partial charge is 0.384 e. The van der Waals surface area contributed by atoms with Crippen LogP contribution in [0.4, 0.5) is 10.1 Å². The number of aliphatic hydroxyl groups is 1. The molecule has 1 rings (SSSR count). The van der Waals surface area contributed by atoms with Crippen molar-refractivity contribution in [3.05, 3.63) is 42.2 Å². The predicted octanol–water partition coefficient (Wildman–Crippen LogP) is 2.11. The van der Waals surface area contributed by atoms with Crippen LogP contribution < -0.4 is 4.90 Å². The van der Waals surface area contributed by atoms with Crippen LogP contribution in [0.25, 0.3) is 0 Å². The van der Waals surface area contributed by atoms with Gasteiger partial charge >= 0.3 is 0 Å². The van der Waals surface area contributed by atoms with Crippen molar-refractivity contribution in [2.75, 3.05) is 19.0 Å². The van der Waals surface area contributed by atoms with E-state index < -0.39 is 6.10 Å². The third-order valence-corrected chi connectivity index (χ3v) is 2.01. The average molecular weight is 195 g/mol. The molecule has 2 nitrogen and oxygen atoms in total. The van der Waals surface area contributed by atoms with Crippen LogP contribution in [0, 0.1) is 5.82 Å². The molecule has 1 aromatic rings. The fourth-order valence-corrected chi connectivity index (χ4v) is 1.30. The molecule has 14 heavy (non-hydrogen) atoms. The molecule has 0 bridgehead atoms. The molecule has 0 saturated carbocycles. The molecule has 0 aromatic heterocycles. The molecule has 1 unspecified atom stereocenters. The fraction of sp³-hybridized carbons (Fsp3) is 0.273. The smallest absolute Gasteiger partial charge is 0.123 e. The normalized spacial score (nSPS) is 12.3. The zero-order valence-corrected chi connectivity index (χ0v) is 8.37. The van der Waals surface area contributed by atoms with Gasteiger partial charge in [-0.15, -0.1) is 6.58 Å². The lowest BCUT2D eigenvalue weighted by Crippen LogP contribution is -2.12. The summed E-state index contributed by atoms with van der Waals surface area (Å²) >= 11 is 0. The Morgan fingerprint density at radius 1 is 1.50 bits per heavy atom. The second-order valence-corrected chi connectivity index (χ2v) is 3.28. The number of halogens is 1. The van der Waals surface area contributed by atoms with Crippen molar-refractivity contribution in [2.24, 2.45) is 0 Å². The van der Waals surface area contributed by atoms with E-state index in [0.29, 0.717) is 5.56 Å². The highest BCUT2D eigenvalue weighted by molar-refractivity contribution is 5.54. The topological polar surface area (TPSA) is 23.5 Å². The van der Waals surface area contributed by atoms with Gasteiger partial charge in [0.2, 0.25) is 0 Å². The Hall–Kier alpha value is -1.35. The molecular formula is C11H14FNO. The molecule has 1 N–H and O–H groups in total. The molecule has 0 spiro atoms. The first-order chi connectivity index (χ1) is 6.56. The zero-order chi connectivity index (χ0) is 10.7. The van der Waals surface area contributed by atoms with Crippen LogP contribution in [0.15, 0.2) is 30.9 Å². The van der Waals surface area contributed by atoms with Gasteiger partial charge in [0.25, 0.3) is 0 Å². The minimum atomic E-state index is -0.830. The Bertz CT molecular complexity index is 336. The van der Waals surface area contributed by atoms with Crippen molar-refractivity contribution in [1.82, 2.24) is 0 Å². The SMILES string of the molecule is C=CC(O)c1cc(F)ccc1N(C)C. The van der Waals surface area contributed by atoms with E-state index in [0.717, 1.165) is 5.69 Å². The number of nitrogens with zero attached hydrogens (tertiary/aromatic N) is 1. The summed E-state index contributed by atoms with van der Waals surface area (Å²) < 4.78 is 12.9. The molecule has 0 amide bonds. The number of hydrogen-bond donors (Lipinski definition) is 1. The predicted molar refractivity (Wildman–Crippen MR) is 55.9 cm³/mol. The minimum Gasteiger partial charge on any atom is -0.384 e. The van der Waals surface area contributed by atoms with Gasteiger partial charge in [-0.05, 0) is 18.2 Å². The Morgan fingerprint density at radius 3 is 2.64 bits per heavy atom. The molecule has 0 heterocycles. The van der Waals surface area contributed by atoms with Crippen LogP contribution >= 0.6 is 0 Å². The maximum absolute atomic E-state index is 12.9. The van der Waals surface area contributed by atoms with E-state index in [1.807, 2.05) is 19.0 Å². The highest BCUT2D eigenvalue weighted by Gasteiger charge is 2.11. The lowest BCUT2D eigenvalue weighted by molar-refractivity contribution is 0.229. The molecular weight excluding hydrogens is 181 g/mol. The third-order valence-electron chi connectivity index (χ3n) is 2.01. The molecule has 0 radical (unpaired) electrons. The molecule has 0 fully saturated rings. The lowest BCUT2D eigenvalue weighted by Gasteiger charge is -2.19. The Kier molecular flexibility index (Phi) is 3.25. The summed E-state index contributed by atoms with van der Waals surface area (Å²) in [6.45, 7) is 3.48. The van der Waals surface area contributed by atoms with Crippen LogP contribution in [-0.2, 0) is 0 Å². The third kappa shape index (κ3) is 2.12. The minimum absolute atomic E-state index is 0.355. The van der Waals surface area contributed by atoms with Crippen molar-refractivity contribution in [2.45, 2.75) is 6.10 Å². The van der Waals surface area contributed by atoms with Crippen molar-refractivity contribution in [3.8, 4) is 0 Å². The van der Waals surface area contributed by atoms with Crippen LogP contribution in [0.2, 0.25) is 0 Å². The quantitative estimate of drug-likeness (QED) is 0.747. The number of hydrogen-bond acceptors (Lipinski definition) is 2. The molecule has 0 saturated heterocycles. The van der Waals surface area contributed by atoms with Gasteiger partial charge in [0.15, 0.2) is 0 Å². The Morgan fingerprint density at radius 2 is 2.14 bits per heavy atom. The summed E-state index contributed by atoms with van der Waals surface area (Å²) in [6.07, 6.45) is 0.546. The van der Waals surface area contributed by atoms with Crippen LogP contribution in [0.3, 0.4) is 0 Å². The summed E-state index contributed by atoms with van der Waals surface area (Å²) in [4.78, 5) is 1.82. The highest BCUT2D eigenvalue weighted by Crippen LogP contribution is 2.26. The maximum Gasteiger partial charge on any atom is 0.123 e. The van der Waals surface area contributed by atoms with Crippen LogP contribution in [0.5, 0.6) is 0 Å². The molecule has 0 aliphatic heterocycles. The average Bonchev–Trinajstić information content (AvgIpc) is 2.16. The monoisotopic (exact) mass is 195 g/mol. The molecule has 76 valence electrons. The first kappa shape index (κ1) is 10.7. The van der Waals surface area contributed by atoms with Gasteiger partial charge in [0.1, 0.15) is 5.82 Å². The second-order valence-electron chi connectivity index (χ2n) is 3.28. The van der Waals surface area contributed by atoms with Crippen LogP contribution in [0.1, 0.15) is 11.7 Å². The van der Waals surface area contributed by atoms with E-state index in [-0.39, 0.29) is 5.82 Å². The summed E-state index contributed by atoms with van der Waals surface area (Å²) in [5.74, 6) is -0.355. The molecule has 3 heteroatoms. The van der Waals surface area contributed by atoms with Gasteiger partial charge in [-0.2, -0.15) is 0 Å². The van der Waals surface area contributed by atoms with Gasteiger partial charge in [0.05, 0.1) is 6.10 Å². The van der Waals surface area contributed by atoms with E-state index in [1.165, 1.54) is 18.2 Å². The molecule has 1 aromatic carbocycles. The van der Waals surface area contributed by atoms with E-state index in [4.69, 9.17) is 0 Å². The number of anilines is 1. The summed E-state index contributed by atoms with van der Waals surface area (Å²) in [5.41, 5.74) is 1.32. The van der Waals surface area contributed by atoms with Gasteiger partial charge in [0, 0.05) is 25.3 Å². The summed E-state index contributed by atoms with van der Waals surface area (Å²) in [7, 11) is 3.68. The number of aliphatic hydroxyl groups excluding tert-OH is 1. The van der Waals surface area contributed by atoms with E-state index >= 15 is 0 Å². The van der Waals surface area contributed by atoms with Gasteiger partial charge in [-0.1, -0.05) is 6.08 Å². The second kappa shape index (κ2) is 4.24. The molecule has 0 aliphatic carbocycles. The molecule has 0 aliphatic rings. The van der Waals surface area contributed by atoms with E-state index in [1.54, 1.807) is 6.07 Å². The van der Waals surface area contributed by atoms with Crippen molar-refractivity contribution >= 4 is 5.69 Å². The molecule has 1 atom stereocenters. The van der Waals surface area contributed by atoms with E-state index in [2.05, 4.69) is 6.58 Å². The van der Waals surface area contributed by atoms with Crippen molar-refractivity contribution in [1.29, 1.82) is 0 Å². The van der Waals surface area contributed by atoms with Gasteiger partial charge < -0.3 is 10.0 Å². The van der Waals surface area contributed by atoms with Crippen LogP contribution in [-0.4, -0.2) is 19.2 Å². The number of benzene rings is 1. The Balaban J connectivity index is 3.22. The summed E-state index contributed by atoms with van der Waals surface area (Å²) in [6, 6.07) is 4.33. The number of rotatable bonds is 3. The van der Waals surface area contributed by atoms with E-state index in [9.17, 15) is 9.50 Å². The standard InChI is InChI=1S/C11H14FNO/c1-4-11(14)9-7-8(12)5-6-10(9)13(2)3/h4-7,11,14H,1H2,2-3H3. The zero-order valence-electron chi connectivity index (χ0n) is 8.37. The fourth-order valence-electron chi connectivity index (χ4n) is 1.30. The van der Waals surface area contributed by atoms with Crippen molar-refractivity contribution in [3.63, 3.8) is 0 Å². The maximum atomic E-state index is 12.9. The van der Waals surface area contributed by atoms with Gasteiger partial charge in [-0.3, -0.25) is 0 Å². The first-order valence-electron chi connectivity index (χ1n) is 4.33. The first-order valence-corrected chi connectivity index (χ1v) is 4.33.